The number of carbonyl (C=O) groups excluding carboxylic acids is 2. The largest absolute Gasteiger partial charge is 0.454 e. The maximum Gasteiger partial charge on any atom is 0.251 e. The lowest BCUT2D eigenvalue weighted by molar-refractivity contribution is -0.115. The molecule has 1 aliphatic heterocycles. The molecule has 2 heterocycles. The Balaban J connectivity index is 1.35. The van der Waals surface area contributed by atoms with Gasteiger partial charge in [0.15, 0.2) is 11.5 Å². The molecule has 2 amide bonds. The molecule has 7 nitrogen and oxygen atoms in total. The summed E-state index contributed by atoms with van der Waals surface area (Å²) in [5.74, 6) is 0.580. The lowest BCUT2D eigenvalue weighted by Gasteiger charge is -2.09. The maximum atomic E-state index is 12.3. The third-order valence-electron chi connectivity index (χ3n) is 4.08. The molecule has 7 heteroatoms. The molecule has 1 aromatic heterocycles. The van der Waals surface area contributed by atoms with E-state index in [0.29, 0.717) is 22.7 Å². The van der Waals surface area contributed by atoms with Crippen molar-refractivity contribution in [3.8, 4) is 17.2 Å². The van der Waals surface area contributed by atoms with E-state index in [9.17, 15) is 9.59 Å². The summed E-state index contributed by atoms with van der Waals surface area (Å²) in [6.45, 7) is 0.0336. The lowest BCUT2D eigenvalue weighted by atomic mass is 10.2. The number of hydrogen-bond donors (Lipinski definition) is 2. The minimum atomic E-state index is -0.330. The lowest BCUT2D eigenvalue weighted by Crippen LogP contribution is -2.32. The summed E-state index contributed by atoms with van der Waals surface area (Å²) in [6.07, 6.45) is 3.80. The van der Waals surface area contributed by atoms with E-state index < -0.39 is 0 Å². The Morgan fingerprint density at radius 3 is 2.63 bits per heavy atom. The van der Waals surface area contributed by atoms with Crippen molar-refractivity contribution < 1.29 is 19.1 Å². The van der Waals surface area contributed by atoms with E-state index in [1.807, 2.05) is 35.2 Å². The summed E-state index contributed by atoms with van der Waals surface area (Å²) in [5.41, 5.74) is 1.93. The Morgan fingerprint density at radius 1 is 0.963 bits per heavy atom. The third-order valence-corrected chi connectivity index (χ3v) is 4.08. The van der Waals surface area contributed by atoms with E-state index >= 15 is 0 Å². The predicted molar refractivity (Wildman–Crippen MR) is 99.3 cm³/mol. The van der Waals surface area contributed by atoms with E-state index in [0.717, 1.165) is 5.69 Å². The van der Waals surface area contributed by atoms with Gasteiger partial charge in [-0.05, 0) is 42.5 Å². The van der Waals surface area contributed by atoms with Crippen LogP contribution in [-0.2, 0) is 4.79 Å². The van der Waals surface area contributed by atoms with Crippen LogP contribution in [0.4, 0.5) is 5.69 Å². The second kappa shape index (κ2) is 7.25. The fourth-order valence-corrected chi connectivity index (χ4v) is 2.76. The molecule has 2 aromatic carbocycles. The molecule has 4 rings (SSSR count). The summed E-state index contributed by atoms with van der Waals surface area (Å²) in [7, 11) is 0. The van der Waals surface area contributed by atoms with Crippen LogP contribution in [0.15, 0.2) is 67.0 Å². The summed E-state index contributed by atoms with van der Waals surface area (Å²) >= 11 is 0. The molecule has 0 aliphatic carbocycles. The van der Waals surface area contributed by atoms with Gasteiger partial charge in [-0.15, -0.1) is 0 Å². The van der Waals surface area contributed by atoms with Gasteiger partial charge in [0.05, 0.1) is 6.54 Å². The highest BCUT2D eigenvalue weighted by molar-refractivity contribution is 5.99. The van der Waals surface area contributed by atoms with Gasteiger partial charge in [0.25, 0.3) is 5.91 Å². The van der Waals surface area contributed by atoms with Gasteiger partial charge in [0.1, 0.15) is 0 Å². The zero-order chi connectivity index (χ0) is 18.6. The van der Waals surface area contributed by atoms with Crippen LogP contribution in [0.1, 0.15) is 10.4 Å². The van der Waals surface area contributed by atoms with Gasteiger partial charge >= 0.3 is 0 Å². The first kappa shape index (κ1) is 16.7. The fraction of sp³-hybridized carbons (Fsp3) is 0.100. The van der Waals surface area contributed by atoms with Crippen LogP contribution in [0.5, 0.6) is 11.5 Å². The minimum Gasteiger partial charge on any atom is -0.454 e. The van der Waals surface area contributed by atoms with Crippen LogP contribution >= 0.6 is 0 Å². The highest BCUT2D eigenvalue weighted by Crippen LogP contribution is 2.34. The van der Waals surface area contributed by atoms with Crippen molar-refractivity contribution in [1.29, 1.82) is 0 Å². The van der Waals surface area contributed by atoms with Crippen molar-refractivity contribution in [2.75, 3.05) is 18.7 Å². The van der Waals surface area contributed by atoms with Crippen LogP contribution in [0.2, 0.25) is 0 Å². The van der Waals surface area contributed by atoms with E-state index in [1.165, 1.54) is 0 Å². The zero-order valence-electron chi connectivity index (χ0n) is 14.3. The number of rotatable bonds is 5. The van der Waals surface area contributed by atoms with Crippen LogP contribution < -0.4 is 20.1 Å². The highest BCUT2D eigenvalue weighted by Gasteiger charge is 2.14. The first-order valence-corrected chi connectivity index (χ1v) is 8.40. The quantitative estimate of drug-likeness (QED) is 0.730. The van der Waals surface area contributed by atoms with Crippen molar-refractivity contribution in [3.05, 3.63) is 72.6 Å². The number of aromatic nitrogens is 1. The number of carbonyl (C=O) groups is 2. The van der Waals surface area contributed by atoms with Crippen LogP contribution in [-0.4, -0.2) is 29.7 Å². The Bertz CT molecular complexity index is 983. The summed E-state index contributed by atoms with van der Waals surface area (Å²) in [5, 5.41) is 5.35. The molecule has 0 saturated carbocycles. The maximum absolute atomic E-state index is 12.3. The van der Waals surface area contributed by atoms with Crippen molar-refractivity contribution >= 4 is 17.5 Å². The smallest absolute Gasteiger partial charge is 0.251 e. The minimum absolute atomic E-state index is 0.138. The normalized spacial score (nSPS) is 11.9. The number of anilines is 1. The number of amides is 2. The molecule has 0 radical (unpaired) electrons. The topological polar surface area (TPSA) is 81.6 Å². The van der Waals surface area contributed by atoms with Crippen molar-refractivity contribution in [1.82, 2.24) is 9.88 Å². The zero-order valence-corrected chi connectivity index (χ0v) is 14.3. The summed E-state index contributed by atoms with van der Waals surface area (Å²) < 4.78 is 12.4. The van der Waals surface area contributed by atoms with Crippen LogP contribution in [0, 0.1) is 0 Å². The molecule has 0 unspecified atom stereocenters. The third kappa shape index (κ3) is 3.77. The second-order valence-corrected chi connectivity index (χ2v) is 5.94. The number of nitrogens with one attached hydrogen (secondary N) is 2. The molecule has 136 valence electrons. The van der Waals surface area contributed by atoms with Gasteiger partial charge in [-0.1, -0.05) is 6.07 Å². The molecule has 0 saturated heterocycles. The SMILES string of the molecule is O=C(CNC(=O)c1cccc(-n2cccc2)c1)Nc1ccc2c(c1)OCO2. The van der Waals surface area contributed by atoms with Crippen LogP contribution in [0.25, 0.3) is 5.69 Å². The van der Waals surface area contributed by atoms with E-state index in [1.54, 1.807) is 36.4 Å². The number of benzene rings is 2. The average molecular weight is 363 g/mol. The Labute approximate surface area is 155 Å². The molecule has 0 fully saturated rings. The van der Waals surface area contributed by atoms with Crippen LogP contribution in [0.3, 0.4) is 0 Å². The molecular weight excluding hydrogens is 346 g/mol. The number of nitrogens with zero attached hydrogens (tertiary/aromatic N) is 1. The Kier molecular flexibility index (Phi) is 4.49. The Morgan fingerprint density at radius 2 is 1.78 bits per heavy atom. The molecule has 2 N–H and O–H groups in total. The first-order valence-electron chi connectivity index (χ1n) is 8.40. The van der Waals surface area contributed by atoms with Gasteiger partial charge in [-0.3, -0.25) is 9.59 Å². The van der Waals surface area contributed by atoms with Gasteiger partial charge in [-0.25, -0.2) is 0 Å². The molecular formula is C20H17N3O4. The van der Waals surface area contributed by atoms with Gasteiger partial charge in [-0.2, -0.15) is 0 Å². The standard InChI is InChI=1S/C20H17N3O4/c24-19(22-15-6-7-17-18(11-15)27-13-26-17)12-21-20(25)14-4-3-5-16(10-14)23-8-1-2-9-23/h1-11H,12-13H2,(H,21,25)(H,22,24). The average Bonchev–Trinajstić information content (AvgIpc) is 3.37. The number of fused-ring (bicyclic) bond motifs is 1. The summed E-state index contributed by atoms with van der Waals surface area (Å²) in [6, 6.07) is 16.1. The van der Waals surface area contributed by atoms with E-state index in [-0.39, 0.29) is 25.2 Å². The monoisotopic (exact) mass is 363 g/mol. The second-order valence-electron chi connectivity index (χ2n) is 5.94. The molecule has 0 bridgehead atoms. The van der Waals surface area contributed by atoms with Crippen molar-refractivity contribution in [2.24, 2.45) is 0 Å². The Hall–Kier alpha value is -3.74. The predicted octanol–water partition coefficient (Wildman–Crippen LogP) is 2.57. The molecule has 0 atom stereocenters. The fourth-order valence-electron chi connectivity index (χ4n) is 2.76. The van der Waals surface area contributed by atoms with E-state index in [2.05, 4.69) is 10.6 Å². The molecule has 1 aliphatic rings. The highest BCUT2D eigenvalue weighted by atomic mass is 16.7. The number of ether oxygens (including phenoxy) is 2. The van der Waals surface area contributed by atoms with Gasteiger partial charge in [0, 0.05) is 35.4 Å². The van der Waals surface area contributed by atoms with Gasteiger partial charge < -0.3 is 24.7 Å². The number of hydrogen-bond acceptors (Lipinski definition) is 4. The first-order chi connectivity index (χ1) is 13.2. The van der Waals surface area contributed by atoms with E-state index in [4.69, 9.17) is 9.47 Å². The van der Waals surface area contributed by atoms with Gasteiger partial charge in [0.2, 0.25) is 12.7 Å². The summed E-state index contributed by atoms with van der Waals surface area (Å²) in [4.78, 5) is 24.4. The molecule has 0 spiro atoms. The van der Waals surface area contributed by atoms with Crippen molar-refractivity contribution in [3.63, 3.8) is 0 Å². The molecule has 27 heavy (non-hydrogen) atoms. The molecule has 3 aromatic rings. The van der Waals surface area contributed by atoms with Crippen molar-refractivity contribution in [2.45, 2.75) is 0 Å².